The molecule has 1 aromatic heterocycles. The van der Waals surface area contributed by atoms with Crippen molar-refractivity contribution in [3.05, 3.63) is 59.2 Å². The zero-order valence-electron chi connectivity index (χ0n) is 21.3. The summed E-state index contributed by atoms with van der Waals surface area (Å²) in [5, 5.41) is 0.724. The monoisotopic (exact) mass is 531 g/mol. The van der Waals surface area contributed by atoms with E-state index in [0.717, 1.165) is 61.2 Å². The largest absolute Gasteiger partial charge is 0.416 e. The maximum Gasteiger partial charge on any atom is 0.416 e. The maximum absolute atomic E-state index is 13.5. The van der Waals surface area contributed by atoms with Crippen LogP contribution in [0.3, 0.4) is 0 Å². The summed E-state index contributed by atoms with van der Waals surface area (Å²) in [5.74, 6) is 0. The van der Waals surface area contributed by atoms with Crippen molar-refractivity contribution < 1.29 is 22.7 Å². The average Bonchev–Trinajstić information content (AvgIpc) is 2.91. The molecule has 3 aromatic rings. The number of fused-ring (bicyclic) bond motifs is 1. The topological polar surface area (TPSA) is 45.7 Å². The van der Waals surface area contributed by atoms with Gasteiger partial charge in [0.15, 0.2) is 6.29 Å². The molecule has 2 heterocycles. The number of rotatable bonds is 9. The van der Waals surface area contributed by atoms with Gasteiger partial charge in [-0.2, -0.15) is 13.2 Å². The van der Waals surface area contributed by atoms with Crippen LogP contribution in [-0.2, 0) is 17.5 Å². The van der Waals surface area contributed by atoms with Gasteiger partial charge in [-0.15, -0.1) is 11.8 Å². The first-order chi connectivity index (χ1) is 17.7. The van der Waals surface area contributed by atoms with Crippen LogP contribution in [0.1, 0.15) is 34.3 Å². The Balaban J connectivity index is 1.73. The van der Waals surface area contributed by atoms with Crippen molar-refractivity contribution in [2.24, 2.45) is 0 Å². The Morgan fingerprint density at radius 3 is 2.59 bits per heavy atom. The number of likely N-dealkylation sites (tertiary alicyclic amines) is 1. The molecule has 2 aromatic carbocycles. The predicted octanol–water partition coefficient (Wildman–Crippen LogP) is 6.00. The van der Waals surface area contributed by atoms with Crippen LogP contribution in [0, 0.1) is 0 Å². The van der Waals surface area contributed by atoms with Gasteiger partial charge in [0, 0.05) is 53.2 Å². The first kappa shape index (κ1) is 27.6. The number of likely N-dealkylation sites (N-methyl/N-ethyl adjacent to an activating group) is 1. The summed E-state index contributed by atoms with van der Waals surface area (Å²) in [5.41, 5.74) is 1.81. The zero-order valence-corrected chi connectivity index (χ0v) is 22.2. The summed E-state index contributed by atoms with van der Waals surface area (Å²) in [6, 6.07) is 11.3. The fourth-order valence-corrected chi connectivity index (χ4v) is 5.41. The predicted molar refractivity (Wildman–Crippen MR) is 142 cm³/mol. The minimum absolute atomic E-state index is 0.359. The van der Waals surface area contributed by atoms with Crippen LogP contribution in [-0.4, -0.2) is 73.8 Å². The van der Waals surface area contributed by atoms with Crippen molar-refractivity contribution in [3.63, 3.8) is 0 Å². The number of carbonyl (C=O) groups is 1. The van der Waals surface area contributed by atoms with Crippen LogP contribution in [0.4, 0.5) is 13.2 Å². The van der Waals surface area contributed by atoms with Crippen LogP contribution >= 0.6 is 11.8 Å². The quantitative estimate of drug-likeness (QED) is 0.249. The molecule has 37 heavy (non-hydrogen) atoms. The molecule has 198 valence electrons. The van der Waals surface area contributed by atoms with E-state index >= 15 is 0 Å². The van der Waals surface area contributed by atoms with E-state index in [2.05, 4.69) is 16.8 Å². The van der Waals surface area contributed by atoms with Gasteiger partial charge >= 0.3 is 6.18 Å². The molecule has 5 nitrogen and oxygen atoms in total. The Morgan fingerprint density at radius 1 is 1.19 bits per heavy atom. The number of carbonyl (C=O) groups excluding carboxylic acids is 1. The number of nitrogens with zero attached hydrogens (tertiary/aromatic N) is 3. The molecular weight excluding hydrogens is 499 g/mol. The second kappa shape index (κ2) is 11.9. The smallest absolute Gasteiger partial charge is 0.383 e. The summed E-state index contributed by atoms with van der Waals surface area (Å²) in [7, 11) is 3.80. The lowest BCUT2D eigenvalue weighted by molar-refractivity contribution is -0.137. The summed E-state index contributed by atoms with van der Waals surface area (Å²) < 4.78 is 45.8. The van der Waals surface area contributed by atoms with E-state index in [1.807, 2.05) is 24.5 Å². The number of alkyl halides is 3. The van der Waals surface area contributed by atoms with Crippen LogP contribution in [0.15, 0.2) is 47.4 Å². The lowest BCUT2D eigenvalue weighted by atomic mass is 9.95. The number of thioether (sulfide) groups is 1. The maximum atomic E-state index is 13.5. The van der Waals surface area contributed by atoms with Crippen molar-refractivity contribution in [2.75, 3.05) is 46.7 Å². The van der Waals surface area contributed by atoms with E-state index in [-0.39, 0.29) is 0 Å². The number of ether oxygens (including phenoxy) is 1. The molecule has 1 saturated heterocycles. The van der Waals surface area contributed by atoms with E-state index in [9.17, 15) is 18.0 Å². The van der Waals surface area contributed by atoms with E-state index in [1.54, 1.807) is 24.9 Å². The van der Waals surface area contributed by atoms with Crippen molar-refractivity contribution >= 4 is 29.0 Å². The molecular formula is C28H32F3N3O2S. The second-order valence-corrected chi connectivity index (χ2v) is 10.3. The van der Waals surface area contributed by atoms with Gasteiger partial charge in [0.05, 0.1) is 23.4 Å². The average molecular weight is 532 g/mol. The molecule has 0 radical (unpaired) electrons. The third-order valence-electron chi connectivity index (χ3n) is 7.13. The van der Waals surface area contributed by atoms with E-state index < -0.39 is 11.7 Å². The van der Waals surface area contributed by atoms with Crippen LogP contribution in [0.25, 0.3) is 22.2 Å². The number of aromatic nitrogens is 1. The Morgan fingerprint density at radius 2 is 1.95 bits per heavy atom. The molecule has 0 saturated carbocycles. The fourth-order valence-electron chi connectivity index (χ4n) is 4.97. The van der Waals surface area contributed by atoms with Gasteiger partial charge in [-0.3, -0.25) is 9.69 Å². The van der Waals surface area contributed by atoms with Crippen LogP contribution in [0.5, 0.6) is 0 Å². The van der Waals surface area contributed by atoms with Gasteiger partial charge < -0.3 is 9.64 Å². The van der Waals surface area contributed by atoms with Crippen molar-refractivity contribution in [1.29, 1.82) is 0 Å². The SMILES string of the molecule is COCCN(C)C1CCN(Cc2c(-c3cccc(C(F)(F)F)c3)nc3ccc(SC)cc3c2C=O)CC1. The molecule has 0 aliphatic carbocycles. The standard InChI is InChI=1S/C28H32F3N3O2S/c1-33(13-14-36-2)21-9-11-34(12-10-21)17-24-25(18-35)23-16-22(37-3)7-8-26(23)32-27(24)19-5-4-6-20(15-19)28(29,30)31/h4-8,15-16,18,21H,9-14,17H2,1-3H3. The highest BCUT2D eigenvalue weighted by molar-refractivity contribution is 7.98. The van der Waals surface area contributed by atoms with Crippen molar-refractivity contribution in [1.82, 2.24) is 14.8 Å². The molecule has 0 amide bonds. The number of piperidine rings is 1. The number of hydrogen-bond donors (Lipinski definition) is 0. The molecule has 0 N–H and O–H groups in total. The highest BCUT2D eigenvalue weighted by Gasteiger charge is 2.31. The lowest BCUT2D eigenvalue weighted by Crippen LogP contribution is -2.44. The lowest BCUT2D eigenvalue weighted by Gasteiger charge is -2.37. The normalized spacial score (nSPS) is 15.5. The van der Waals surface area contributed by atoms with Gasteiger partial charge in [-0.05, 0) is 69.6 Å². The molecule has 0 spiro atoms. The number of methoxy groups -OCH3 is 1. The van der Waals surface area contributed by atoms with Crippen LogP contribution < -0.4 is 0 Å². The summed E-state index contributed by atoms with van der Waals surface area (Å²) in [6.45, 7) is 3.64. The first-order valence-electron chi connectivity index (χ1n) is 12.3. The summed E-state index contributed by atoms with van der Waals surface area (Å²) in [6.07, 6.45) is 0.248. The van der Waals surface area contributed by atoms with Gasteiger partial charge in [-0.1, -0.05) is 12.1 Å². The molecule has 1 aliphatic rings. The molecule has 1 fully saturated rings. The number of benzene rings is 2. The molecule has 0 unspecified atom stereocenters. The Kier molecular flexibility index (Phi) is 8.90. The summed E-state index contributed by atoms with van der Waals surface area (Å²) in [4.78, 5) is 22.9. The van der Waals surface area contributed by atoms with Gasteiger partial charge in [0.25, 0.3) is 0 Å². The molecule has 4 rings (SSSR count). The number of pyridine rings is 1. The van der Waals surface area contributed by atoms with Gasteiger partial charge in [-0.25, -0.2) is 4.98 Å². The fraction of sp³-hybridized carbons (Fsp3) is 0.429. The van der Waals surface area contributed by atoms with Crippen LogP contribution in [0.2, 0.25) is 0 Å². The van der Waals surface area contributed by atoms with E-state index in [1.165, 1.54) is 6.07 Å². The Bertz CT molecular complexity index is 1240. The molecule has 1 aliphatic heterocycles. The summed E-state index contributed by atoms with van der Waals surface area (Å²) >= 11 is 1.57. The third-order valence-corrected chi connectivity index (χ3v) is 7.85. The molecule has 9 heteroatoms. The minimum Gasteiger partial charge on any atom is -0.383 e. The number of aldehydes is 1. The Labute approximate surface area is 220 Å². The van der Waals surface area contributed by atoms with Crippen molar-refractivity contribution in [3.8, 4) is 11.3 Å². The highest BCUT2D eigenvalue weighted by Crippen LogP contribution is 2.36. The van der Waals surface area contributed by atoms with E-state index in [4.69, 9.17) is 9.72 Å². The zero-order chi connectivity index (χ0) is 26.6. The first-order valence-corrected chi connectivity index (χ1v) is 13.5. The van der Waals surface area contributed by atoms with Crippen molar-refractivity contribution in [2.45, 2.75) is 36.5 Å². The second-order valence-electron chi connectivity index (χ2n) is 9.41. The number of hydrogen-bond acceptors (Lipinski definition) is 6. The minimum atomic E-state index is -4.47. The molecule has 0 atom stereocenters. The third kappa shape index (κ3) is 6.34. The van der Waals surface area contributed by atoms with Gasteiger partial charge in [0.2, 0.25) is 0 Å². The van der Waals surface area contributed by atoms with E-state index in [0.29, 0.717) is 47.1 Å². The Hall–Kier alpha value is -2.46. The highest BCUT2D eigenvalue weighted by atomic mass is 32.2. The number of halogens is 3. The molecule has 0 bridgehead atoms. The van der Waals surface area contributed by atoms with Gasteiger partial charge in [0.1, 0.15) is 0 Å².